The molecule has 0 aliphatic rings. The molecule has 0 unspecified atom stereocenters. The lowest BCUT2D eigenvalue weighted by atomic mass is 10.1. The number of benzene rings is 1. The van der Waals surface area contributed by atoms with E-state index >= 15 is 0 Å². The molecule has 0 atom stereocenters. The summed E-state index contributed by atoms with van der Waals surface area (Å²) in [5.41, 5.74) is 4.32. The van der Waals surface area contributed by atoms with Crippen LogP contribution in [0.5, 0.6) is 0 Å². The van der Waals surface area contributed by atoms with Crippen LogP contribution in [0.1, 0.15) is 24.3 Å². The minimum absolute atomic E-state index is 0.147. The molecule has 0 saturated carbocycles. The summed E-state index contributed by atoms with van der Waals surface area (Å²) in [6.07, 6.45) is 0.147. The minimum Gasteiger partial charge on any atom is -0.377 e. The number of nitrogens with zero attached hydrogens (tertiary/aromatic N) is 1. The molecule has 1 amide bonds. The number of ether oxygens (including phenoxy) is 1. The summed E-state index contributed by atoms with van der Waals surface area (Å²) in [6, 6.07) is 9.15. The summed E-state index contributed by atoms with van der Waals surface area (Å²) in [6.45, 7) is 4.81. The molecule has 21 heavy (non-hydrogen) atoms. The highest BCUT2D eigenvalue weighted by molar-refractivity contribution is 5.99. The standard InChI is InChI=1S/C15H20N4O2/c1-10(2)21-8-7-17-15(20)14-9-13(19-16)11-5-3-4-6-12(11)18-14/h3-6,9-10H,7-8,16H2,1-2H3,(H,17,20)(H,18,19). The summed E-state index contributed by atoms with van der Waals surface area (Å²) in [4.78, 5) is 16.5. The van der Waals surface area contributed by atoms with Crippen LogP contribution < -0.4 is 16.6 Å². The Morgan fingerprint density at radius 1 is 1.38 bits per heavy atom. The van der Waals surface area contributed by atoms with Gasteiger partial charge in [0, 0.05) is 11.9 Å². The van der Waals surface area contributed by atoms with Gasteiger partial charge in [-0.15, -0.1) is 0 Å². The van der Waals surface area contributed by atoms with Crippen molar-refractivity contribution in [2.75, 3.05) is 18.6 Å². The molecule has 2 aromatic rings. The first kappa shape index (κ1) is 15.2. The van der Waals surface area contributed by atoms with Crippen LogP contribution >= 0.6 is 0 Å². The number of hydrogen-bond donors (Lipinski definition) is 3. The number of hydrazine groups is 1. The molecule has 0 spiro atoms. The summed E-state index contributed by atoms with van der Waals surface area (Å²) in [7, 11) is 0. The van der Waals surface area contributed by atoms with Crippen molar-refractivity contribution in [3.8, 4) is 0 Å². The van der Waals surface area contributed by atoms with Crippen molar-refractivity contribution in [3.05, 3.63) is 36.0 Å². The van der Waals surface area contributed by atoms with Crippen LogP contribution in [0.3, 0.4) is 0 Å². The van der Waals surface area contributed by atoms with E-state index in [-0.39, 0.29) is 12.0 Å². The zero-order valence-corrected chi connectivity index (χ0v) is 12.2. The molecule has 0 bridgehead atoms. The lowest BCUT2D eigenvalue weighted by molar-refractivity contribution is 0.0745. The largest absolute Gasteiger partial charge is 0.377 e. The highest BCUT2D eigenvalue weighted by Gasteiger charge is 2.11. The first-order valence-electron chi connectivity index (χ1n) is 6.88. The lowest BCUT2D eigenvalue weighted by Crippen LogP contribution is -2.29. The zero-order chi connectivity index (χ0) is 15.2. The molecule has 0 aliphatic carbocycles. The van der Waals surface area contributed by atoms with E-state index in [1.54, 1.807) is 6.07 Å². The van der Waals surface area contributed by atoms with E-state index in [1.807, 2.05) is 38.1 Å². The molecule has 6 nitrogen and oxygen atoms in total. The Hall–Kier alpha value is -2.18. The molecule has 1 heterocycles. The average molecular weight is 288 g/mol. The van der Waals surface area contributed by atoms with Gasteiger partial charge in [-0.2, -0.15) is 0 Å². The molecule has 6 heteroatoms. The number of pyridine rings is 1. The number of rotatable bonds is 6. The predicted octanol–water partition coefficient (Wildman–Crippen LogP) is 1.68. The zero-order valence-electron chi connectivity index (χ0n) is 12.2. The van der Waals surface area contributed by atoms with Crippen molar-refractivity contribution in [2.45, 2.75) is 20.0 Å². The van der Waals surface area contributed by atoms with Gasteiger partial charge >= 0.3 is 0 Å². The number of para-hydroxylation sites is 1. The third-order valence-electron chi connectivity index (χ3n) is 2.94. The topological polar surface area (TPSA) is 89.3 Å². The Labute approximate surface area is 123 Å². The van der Waals surface area contributed by atoms with E-state index in [0.29, 0.717) is 24.5 Å². The third-order valence-corrected chi connectivity index (χ3v) is 2.94. The van der Waals surface area contributed by atoms with Crippen LogP contribution in [0.4, 0.5) is 5.69 Å². The fourth-order valence-corrected chi connectivity index (χ4v) is 1.96. The van der Waals surface area contributed by atoms with Gasteiger partial charge in [-0.25, -0.2) is 4.98 Å². The second-order valence-electron chi connectivity index (χ2n) is 4.89. The molecule has 112 valence electrons. The van der Waals surface area contributed by atoms with E-state index in [9.17, 15) is 4.79 Å². The first-order valence-corrected chi connectivity index (χ1v) is 6.88. The van der Waals surface area contributed by atoms with Crippen LogP contribution in [-0.4, -0.2) is 30.1 Å². The van der Waals surface area contributed by atoms with Gasteiger partial charge in [0.1, 0.15) is 5.69 Å². The fraction of sp³-hybridized carbons (Fsp3) is 0.333. The number of carbonyl (C=O) groups is 1. The van der Waals surface area contributed by atoms with Crippen LogP contribution in [0, 0.1) is 0 Å². The van der Waals surface area contributed by atoms with E-state index in [0.717, 1.165) is 10.9 Å². The lowest BCUT2D eigenvalue weighted by Gasteiger charge is -2.10. The maximum atomic E-state index is 12.1. The van der Waals surface area contributed by atoms with Crippen molar-refractivity contribution in [1.29, 1.82) is 0 Å². The van der Waals surface area contributed by atoms with Crippen LogP contribution in [0.25, 0.3) is 10.9 Å². The molecule has 2 rings (SSSR count). The van der Waals surface area contributed by atoms with Gasteiger partial charge in [-0.3, -0.25) is 10.6 Å². The maximum Gasteiger partial charge on any atom is 0.270 e. The van der Waals surface area contributed by atoms with Crippen molar-refractivity contribution in [2.24, 2.45) is 5.84 Å². The van der Waals surface area contributed by atoms with Crippen molar-refractivity contribution >= 4 is 22.5 Å². The summed E-state index contributed by atoms with van der Waals surface area (Å²) >= 11 is 0. The highest BCUT2D eigenvalue weighted by Crippen LogP contribution is 2.22. The molecule has 0 aliphatic heterocycles. The molecular formula is C15H20N4O2. The van der Waals surface area contributed by atoms with E-state index in [4.69, 9.17) is 10.6 Å². The van der Waals surface area contributed by atoms with Crippen molar-refractivity contribution < 1.29 is 9.53 Å². The van der Waals surface area contributed by atoms with E-state index < -0.39 is 0 Å². The summed E-state index contributed by atoms with van der Waals surface area (Å²) in [5.74, 6) is 5.26. The van der Waals surface area contributed by atoms with Gasteiger partial charge in [0.15, 0.2) is 0 Å². The van der Waals surface area contributed by atoms with Gasteiger partial charge < -0.3 is 15.5 Å². The van der Waals surface area contributed by atoms with Crippen LogP contribution in [-0.2, 0) is 4.74 Å². The second kappa shape index (κ2) is 7.01. The Bertz CT molecular complexity index is 628. The Morgan fingerprint density at radius 3 is 2.86 bits per heavy atom. The van der Waals surface area contributed by atoms with E-state index in [1.165, 1.54) is 0 Å². The van der Waals surface area contributed by atoms with Crippen molar-refractivity contribution in [1.82, 2.24) is 10.3 Å². The summed E-state index contributed by atoms with van der Waals surface area (Å²) in [5, 5.41) is 3.65. The predicted molar refractivity (Wildman–Crippen MR) is 83.0 cm³/mol. The van der Waals surface area contributed by atoms with Crippen molar-refractivity contribution in [3.63, 3.8) is 0 Å². The highest BCUT2D eigenvalue weighted by atomic mass is 16.5. The SMILES string of the molecule is CC(C)OCCNC(=O)c1cc(NN)c2ccccc2n1. The number of nitrogen functional groups attached to an aromatic ring is 1. The number of nitrogens with one attached hydrogen (secondary N) is 2. The molecule has 0 fully saturated rings. The van der Waals surface area contributed by atoms with Gasteiger partial charge in [0.2, 0.25) is 0 Å². The monoisotopic (exact) mass is 288 g/mol. The normalized spacial score (nSPS) is 10.9. The third kappa shape index (κ3) is 3.90. The molecule has 4 N–H and O–H groups in total. The minimum atomic E-state index is -0.246. The molecule has 1 aromatic carbocycles. The van der Waals surface area contributed by atoms with Gasteiger partial charge in [0.25, 0.3) is 5.91 Å². The van der Waals surface area contributed by atoms with E-state index in [2.05, 4.69) is 15.7 Å². The summed E-state index contributed by atoms with van der Waals surface area (Å²) < 4.78 is 5.38. The van der Waals surface area contributed by atoms with Gasteiger partial charge in [-0.1, -0.05) is 18.2 Å². The molecule has 0 saturated heterocycles. The number of anilines is 1. The smallest absolute Gasteiger partial charge is 0.270 e. The van der Waals surface area contributed by atoms with Crippen LogP contribution in [0.15, 0.2) is 30.3 Å². The molecule has 1 aromatic heterocycles. The number of aromatic nitrogens is 1. The molecule has 0 radical (unpaired) electrons. The number of nitrogens with two attached hydrogens (primary N) is 1. The van der Waals surface area contributed by atoms with Gasteiger partial charge in [0.05, 0.1) is 23.9 Å². The Kier molecular flexibility index (Phi) is 5.08. The number of carbonyl (C=O) groups excluding carboxylic acids is 1. The number of amides is 1. The Balaban J connectivity index is 2.12. The van der Waals surface area contributed by atoms with Crippen LogP contribution in [0.2, 0.25) is 0 Å². The fourth-order valence-electron chi connectivity index (χ4n) is 1.96. The quantitative estimate of drug-likeness (QED) is 0.427. The average Bonchev–Trinajstić information content (AvgIpc) is 2.50. The molecular weight excluding hydrogens is 268 g/mol. The first-order chi connectivity index (χ1) is 10.1. The van der Waals surface area contributed by atoms with Gasteiger partial charge in [-0.05, 0) is 26.0 Å². The Morgan fingerprint density at radius 2 is 2.14 bits per heavy atom. The maximum absolute atomic E-state index is 12.1. The second-order valence-corrected chi connectivity index (χ2v) is 4.89. The number of hydrogen-bond acceptors (Lipinski definition) is 5. The number of fused-ring (bicyclic) bond motifs is 1.